The van der Waals surface area contributed by atoms with Crippen molar-refractivity contribution in [3.8, 4) is 5.75 Å². The monoisotopic (exact) mass is 435 g/mol. The van der Waals surface area contributed by atoms with Gasteiger partial charge in [0.05, 0.1) is 19.8 Å². The van der Waals surface area contributed by atoms with E-state index in [1.54, 1.807) is 7.11 Å². The molecule has 3 N–H and O–H groups in total. The molecule has 1 aromatic carbocycles. The summed E-state index contributed by atoms with van der Waals surface area (Å²) < 4.78 is 5.11. The van der Waals surface area contributed by atoms with Crippen molar-refractivity contribution in [1.29, 1.82) is 0 Å². The molecule has 0 radical (unpaired) electrons. The van der Waals surface area contributed by atoms with E-state index in [1.165, 1.54) is 12.8 Å². The van der Waals surface area contributed by atoms with Gasteiger partial charge in [0.1, 0.15) is 5.75 Å². The smallest absolute Gasteiger partial charge is 0.191 e. The lowest BCUT2D eigenvalue weighted by molar-refractivity contribution is 0.187. The molecular weight excluding hydrogens is 405 g/mol. The van der Waals surface area contributed by atoms with Crippen molar-refractivity contribution in [1.82, 2.24) is 10.6 Å². The maximum atomic E-state index is 10.2. The number of benzene rings is 1. The Kier molecular flexibility index (Phi) is 12.8. The van der Waals surface area contributed by atoms with Gasteiger partial charge in [-0.2, -0.15) is 0 Å². The molecule has 0 aliphatic carbocycles. The Morgan fingerprint density at radius 2 is 1.87 bits per heavy atom. The van der Waals surface area contributed by atoms with Crippen LogP contribution < -0.4 is 15.4 Å². The molecule has 0 aliphatic rings. The van der Waals surface area contributed by atoms with Crippen molar-refractivity contribution in [2.75, 3.05) is 26.7 Å². The average molecular weight is 435 g/mol. The fourth-order valence-electron chi connectivity index (χ4n) is 2.03. The van der Waals surface area contributed by atoms with Gasteiger partial charge in [0.2, 0.25) is 0 Å². The van der Waals surface area contributed by atoms with E-state index in [2.05, 4.69) is 22.5 Å². The molecule has 1 unspecified atom stereocenters. The maximum absolute atomic E-state index is 10.2. The maximum Gasteiger partial charge on any atom is 0.191 e. The number of aliphatic imine (C=N–C) groups is 1. The number of aliphatic hydroxyl groups excluding tert-OH is 1. The average Bonchev–Trinajstić information content (AvgIpc) is 2.56. The predicted molar refractivity (Wildman–Crippen MR) is 107 cm³/mol. The Balaban J connectivity index is 0.00000484. The molecule has 1 aromatic rings. The van der Waals surface area contributed by atoms with E-state index in [-0.39, 0.29) is 24.0 Å². The molecular formula is C17H30IN3O2. The number of hydrogen-bond donors (Lipinski definition) is 3. The van der Waals surface area contributed by atoms with Gasteiger partial charge in [-0.15, -0.1) is 24.0 Å². The van der Waals surface area contributed by atoms with Gasteiger partial charge >= 0.3 is 0 Å². The van der Waals surface area contributed by atoms with Crippen molar-refractivity contribution >= 4 is 29.9 Å². The summed E-state index contributed by atoms with van der Waals surface area (Å²) in [5.41, 5.74) is 0.839. The van der Waals surface area contributed by atoms with Crippen molar-refractivity contribution in [2.24, 2.45) is 4.99 Å². The Bertz CT molecular complexity index is 438. The molecule has 0 fully saturated rings. The number of unbranched alkanes of at least 4 members (excludes halogenated alkanes) is 2. The summed E-state index contributed by atoms with van der Waals surface area (Å²) >= 11 is 0. The summed E-state index contributed by atoms with van der Waals surface area (Å²) in [6.07, 6.45) is 2.92. The lowest BCUT2D eigenvalue weighted by Crippen LogP contribution is -2.38. The van der Waals surface area contributed by atoms with Crippen LogP contribution in [0.2, 0.25) is 0 Å². The van der Waals surface area contributed by atoms with Crippen LogP contribution in [-0.2, 0) is 0 Å². The summed E-state index contributed by atoms with van der Waals surface area (Å²) in [5, 5.41) is 16.7. The molecule has 0 saturated heterocycles. The largest absolute Gasteiger partial charge is 0.497 e. The van der Waals surface area contributed by atoms with Crippen molar-refractivity contribution < 1.29 is 9.84 Å². The minimum Gasteiger partial charge on any atom is -0.497 e. The van der Waals surface area contributed by atoms with E-state index in [1.807, 2.05) is 31.2 Å². The van der Waals surface area contributed by atoms with Crippen LogP contribution in [0.3, 0.4) is 0 Å². The molecule has 1 atom stereocenters. The van der Waals surface area contributed by atoms with E-state index in [0.29, 0.717) is 6.54 Å². The van der Waals surface area contributed by atoms with Crippen molar-refractivity contribution in [3.63, 3.8) is 0 Å². The number of hydrogen-bond acceptors (Lipinski definition) is 3. The number of ether oxygens (including phenoxy) is 1. The molecule has 1 rings (SSSR count). The first kappa shape index (κ1) is 22.0. The van der Waals surface area contributed by atoms with E-state index in [0.717, 1.165) is 36.8 Å². The number of nitrogens with zero attached hydrogens (tertiary/aromatic N) is 1. The van der Waals surface area contributed by atoms with Crippen molar-refractivity contribution in [2.45, 2.75) is 39.2 Å². The van der Waals surface area contributed by atoms with E-state index < -0.39 is 6.10 Å². The quantitative estimate of drug-likeness (QED) is 0.242. The summed E-state index contributed by atoms with van der Waals surface area (Å²) in [6, 6.07) is 7.41. The van der Waals surface area contributed by atoms with Gasteiger partial charge < -0.3 is 20.5 Å². The molecule has 0 amide bonds. The molecule has 0 spiro atoms. The fraction of sp³-hybridized carbons (Fsp3) is 0.588. The third-order valence-corrected chi connectivity index (χ3v) is 3.34. The summed E-state index contributed by atoms with van der Waals surface area (Å²) in [4.78, 5) is 4.44. The highest BCUT2D eigenvalue weighted by Crippen LogP contribution is 2.17. The number of nitrogens with one attached hydrogen (secondary N) is 2. The van der Waals surface area contributed by atoms with Crippen LogP contribution >= 0.6 is 24.0 Å². The highest BCUT2D eigenvalue weighted by molar-refractivity contribution is 14.0. The van der Waals surface area contributed by atoms with Crippen LogP contribution in [-0.4, -0.2) is 37.8 Å². The van der Waals surface area contributed by atoms with Gasteiger partial charge in [-0.25, -0.2) is 0 Å². The van der Waals surface area contributed by atoms with Crippen LogP contribution in [0.1, 0.15) is 44.8 Å². The first-order chi connectivity index (χ1) is 10.7. The zero-order valence-electron chi connectivity index (χ0n) is 14.3. The van der Waals surface area contributed by atoms with Gasteiger partial charge in [-0.3, -0.25) is 4.99 Å². The lowest BCUT2D eigenvalue weighted by Gasteiger charge is -2.13. The van der Waals surface area contributed by atoms with E-state index in [9.17, 15) is 5.11 Å². The number of guanidine groups is 1. The molecule has 0 aliphatic heterocycles. The molecule has 5 nitrogen and oxygen atoms in total. The summed E-state index contributed by atoms with van der Waals surface area (Å²) in [6.45, 7) is 6.25. The number of aliphatic hydroxyl groups is 1. The minimum atomic E-state index is -0.614. The Labute approximate surface area is 156 Å². The Hall–Kier alpha value is -1.02. The second-order valence-electron chi connectivity index (χ2n) is 5.14. The first-order valence-electron chi connectivity index (χ1n) is 8.05. The van der Waals surface area contributed by atoms with Gasteiger partial charge in [0.15, 0.2) is 5.96 Å². The molecule has 0 aromatic heterocycles. The van der Waals surface area contributed by atoms with Crippen molar-refractivity contribution in [3.05, 3.63) is 29.8 Å². The second-order valence-corrected chi connectivity index (χ2v) is 5.14. The molecule has 0 heterocycles. The number of methoxy groups -OCH3 is 1. The highest BCUT2D eigenvalue weighted by atomic mass is 127. The summed E-state index contributed by atoms with van der Waals surface area (Å²) in [7, 11) is 1.63. The van der Waals surface area contributed by atoms with Crippen LogP contribution in [0.15, 0.2) is 29.3 Å². The van der Waals surface area contributed by atoms with Crippen LogP contribution in [0.5, 0.6) is 5.75 Å². The van der Waals surface area contributed by atoms with Gasteiger partial charge in [-0.05, 0) is 31.0 Å². The Morgan fingerprint density at radius 1 is 1.17 bits per heavy atom. The molecule has 6 heteroatoms. The predicted octanol–water partition coefficient (Wildman–Crippen LogP) is 3.09. The van der Waals surface area contributed by atoms with E-state index in [4.69, 9.17) is 4.74 Å². The number of rotatable bonds is 9. The first-order valence-corrected chi connectivity index (χ1v) is 8.05. The molecule has 0 bridgehead atoms. The third kappa shape index (κ3) is 9.00. The molecule has 23 heavy (non-hydrogen) atoms. The third-order valence-electron chi connectivity index (χ3n) is 3.34. The lowest BCUT2D eigenvalue weighted by atomic mass is 10.1. The topological polar surface area (TPSA) is 65.9 Å². The van der Waals surface area contributed by atoms with Crippen LogP contribution in [0, 0.1) is 0 Å². The van der Waals surface area contributed by atoms with Gasteiger partial charge in [-0.1, -0.05) is 31.9 Å². The number of halogens is 1. The zero-order valence-corrected chi connectivity index (χ0v) is 16.7. The Morgan fingerprint density at radius 3 is 2.43 bits per heavy atom. The van der Waals surface area contributed by atoms with Gasteiger partial charge in [0.25, 0.3) is 0 Å². The van der Waals surface area contributed by atoms with Crippen LogP contribution in [0.4, 0.5) is 0 Å². The zero-order chi connectivity index (χ0) is 16.2. The standard InChI is InChI=1S/C17H29N3O2.HI/c1-4-6-7-12-19-17(18-5-2)20-13-16(21)14-8-10-15(22-3)11-9-14;/h8-11,16,21H,4-7,12-13H2,1-3H3,(H2,18,19,20);1H. The molecule has 132 valence electrons. The fourth-order valence-corrected chi connectivity index (χ4v) is 2.03. The summed E-state index contributed by atoms with van der Waals surface area (Å²) in [5.74, 6) is 1.54. The normalized spacial score (nSPS) is 12.3. The van der Waals surface area contributed by atoms with Crippen LogP contribution in [0.25, 0.3) is 0 Å². The highest BCUT2D eigenvalue weighted by Gasteiger charge is 2.07. The van der Waals surface area contributed by atoms with Gasteiger partial charge in [0, 0.05) is 13.1 Å². The second kappa shape index (κ2) is 13.4. The SMILES string of the molecule is CCCCCNC(=NCC(O)c1ccc(OC)cc1)NCC.I. The minimum absolute atomic E-state index is 0. The molecule has 0 saturated carbocycles. The van der Waals surface area contributed by atoms with E-state index >= 15 is 0 Å².